The zero-order valence-corrected chi connectivity index (χ0v) is 16.0. The van der Waals surface area contributed by atoms with Gasteiger partial charge in [-0.2, -0.15) is 0 Å². The SMILES string of the molecule is CC(=O)c1c(C)cc(C)c(CN2CCN(C(=O)c3ccoc3)CC2)c1C. The Hall–Kier alpha value is -2.40. The number of rotatable bonds is 4. The first-order valence-electron chi connectivity index (χ1n) is 9.03. The minimum atomic E-state index is 0.0277. The standard InChI is InChI=1S/C21H26N2O3/c1-14-11-15(2)20(17(4)24)16(3)19(14)12-22-6-8-23(9-7-22)21(25)18-5-10-26-13-18/h5,10-11,13H,6-9,12H2,1-4H3. The van der Waals surface area contributed by atoms with Gasteiger partial charge in [0.1, 0.15) is 6.26 Å². The molecule has 0 aliphatic carbocycles. The van der Waals surface area contributed by atoms with Gasteiger partial charge >= 0.3 is 0 Å². The average molecular weight is 354 g/mol. The van der Waals surface area contributed by atoms with Crippen molar-refractivity contribution in [3.05, 3.63) is 58.0 Å². The number of hydrogen-bond acceptors (Lipinski definition) is 4. The lowest BCUT2D eigenvalue weighted by Gasteiger charge is -2.35. The van der Waals surface area contributed by atoms with Crippen LogP contribution in [0.25, 0.3) is 0 Å². The van der Waals surface area contributed by atoms with Crippen LogP contribution in [0.2, 0.25) is 0 Å². The summed E-state index contributed by atoms with van der Waals surface area (Å²) in [6.07, 6.45) is 3.02. The fourth-order valence-electron chi connectivity index (χ4n) is 3.91. The minimum Gasteiger partial charge on any atom is -0.472 e. The maximum atomic E-state index is 12.4. The van der Waals surface area contributed by atoms with Crippen LogP contribution >= 0.6 is 0 Å². The summed E-state index contributed by atoms with van der Waals surface area (Å²) in [7, 11) is 0. The summed E-state index contributed by atoms with van der Waals surface area (Å²) in [5.74, 6) is 0.150. The lowest BCUT2D eigenvalue weighted by Crippen LogP contribution is -2.48. The Labute approximate surface area is 154 Å². The molecule has 2 aromatic rings. The second-order valence-corrected chi connectivity index (χ2v) is 7.13. The van der Waals surface area contributed by atoms with Crippen LogP contribution in [0.1, 0.15) is 49.9 Å². The summed E-state index contributed by atoms with van der Waals surface area (Å²) in [6.45, 7) is 11.7. The number of furan rings is 1. The van der Waals surface area contributed by atoms with Gasteiger partial charge in [0.15, 0.2) is 5.78 Å². The fourth-order valence-corrected chi connectivity index (χ4v) is 3.91. The van der Waals surface area contributed by atoms with Gasteiger partial charge in [0, 0.05) is 38.3 Å². The molecule has 0 saturated carbocycles. The molecule has 26 heavy (non-hydrogen) atoms. The van der Waals surface area contributed by atoms with Gasteiger partial charge in [0.2, 0.25) is 0 Å². The van der Waals surface area contributed by atoms with E-state index in [2.05, 4.69) is 17.9 Å². The maximum Gasteiger partial charge on any atom is 0.257 e. The highest BCUT2D eigenvalue weighted by molar-refractivity contribution is 5.97. The number of benzene rings is 1. The van der Waals surface area contributed by atoms with E-state index in [0.717, 1.165) is 36.3 Å². The van der Waals surface area contributed by atoms with Crippen molar-refractivity contribution in [1.82, 2.24) is 9.80 Å². The Morgan fingerprint density at radius 1 is 1.08 bits per heavy atom. The number of carbonyl (C=O) groups is 2. The molecule has 3 rings (SSSR count). The lowest BCUT2D eigenvalue weighted by atomic mass is 9.91. The summed E-state index contributed by atoms with van der Waals surface area (Å²) >= 11 is 0. The van der Waals surface area contributed by atoms with Crippen LogP contribution in [0.3, 0.4) is 0 Å². The van der Waals surface area contributed by atoms with Crippen molar-refractivity contribution in [3.8, 4) is 0 Å². The van der Waals surface area contributed by atoms with E-state index in [0.29, 0.717) is 18.7 Å². The predicted octanol–water partition coefficient (Wildman–Crippen LogP) is 3.37. The molecule has 0 N–H and O–H groups in total. The van der Waals surface area contributed by atoms with Gasteiger partial charge in [-0.05, 0) is 56.0 Å². The Kier molecular flexibility index (Phi) is 5.28. The van der Waals surface area contributed by atoms with Crippen LogP contribution in [0, 0.1) is 20.8 Å². The lowest BCUT2D eigenvalue weighted by molar-refractivity contribution is 0.0627. The van der Waals surface area contributed by atoms with E-state index in [1.54, 1.807) is 13.0 Å². The van der Waals surface area contributed by atoms with Crippen molar-refractivity contribution in [3.63, 3.8) is 0 Å². The zero-order chi connectivity index (χ0) is 18.8. The summed E-state index contributed by atoms with van der Waals surface area (Å²) in [4.78, 5) is 28.6. The van der Waals surface area contributed by atoms with Crippen LogP contribution in [0.15, 0.2) is 29.1 Å². The molecule has 5 nitrogen and oxygen atoms in total. The van der Waals surface area contributed by atoms with E-state index in [4.69, 9.17) is 4.42 Å². The number of hydrogen-bond donors (Lipinski definition) is 0. The first kappa shape index (κ1) is 18.4. The fraction of sp³-hybridized carbons (Fsp3) is 0.429. The number of aryl methyl sites for hydroxylation is 2. The summed E-state index contributed by atoms with van der Waals surface area (Å²) in [6, 6.07) is 3.81. The van der Waals surface area contributed by atoms with E-state index in [-0.39, 0.29) is 11.7 Å². The van der Waals surface area contributed by atoms with Crippen LogP contribution in [-0.2, 0) is 6.54 Å². The molecule has 138 valence electrons. The van der Waals surface area contributed by atoms with Crippen molar-refractivity contribution < 1.29 is 14.0 Å². The third-order valence-corrected chi connectivity index (χ3v) is 5.29. The Morgan fingerprint density at radius 3 is 2.35 bits per heavy atom. The van der Waals surface area contributed by atoms with E-state index in [1.807, 2.05) is 18.7 Å². The maximum absolute atomic E-state index is 12.4. The van der Waals surface area contributed by atoms with Crippen molar-refractivity contribution in [2.24, 2.45) is 0 Å². The normalized spacial score (nSPS) is 15.3. The van der Waals surface area contributed by atoms with Gasteiger partial charge in [-0.1, -0.05) is 6.07 Å². The molecule has 2 heterocycles. The van der Waals surface area contributed by atoms with Gasteiger partial charge in [0.25, 0.3) is 5.91 Å². The predicted molar refractivity (Wildman–Crippen MR) is 101 cm³/mol. The van der Waals surface area contributed by atoms with Crippen LogP contribution in [0.5, 0.6) is 0 Å². The number of nitrogens with zero attached hydrogens (tertiary/aromatic N) is 2. The molecule has 0 radical (unpaired) electrons. The monoisotopic (exact) mass is 354 g/mol. The third kappa shape index (κ3) is 3.58. The first-order valence-corrected chi connectivity index (χ1v) is 9.03. The van der Waals surface area contributed by atoms with Crippen molar-refractivity contribution in [2.45, 2.75) is 34.2 Å². The number of amides is 1. The molecule has 0 unspecified atom stereocenters. The molecule has 5 heteroatoms. The average Bonchev–Trinajstić information content (AvgIpc) is 3.12. The van der Waals surface area contributed by atoms with E-state index in [9.17, 15) is 9.59 Å². The van der Waals surface area contributed by atoms with Crippen LogP contribution in [0.4, 0.5) is 0 Å². The number of piperazine rings is 1. The van der Waals surface area contributed by atoms with E-state index < -0.39 is 0 Å². The molecular formula is C21H26N2O3. The molecule has 1 aliphatic rings. The van der Waals surface area contributed by atoms with Crippen LogP contribution in [-0.4, -0.2) is 47.7 Å². The number of Topliss-reactive ketones (excluding diaryl/α,β-unsaturated/α-hetero) is 1. The quantitative estimate of drug-likeness (QED) is 0.790. The van der Waals surface area contributed by atoms with E-state index >= 15 is 0 Å². The van der Waals surface area contributed by atoms with Gasteiger partial charge in [-0.15, -0.1) is 0 Å². The van der Waals surface area contributed by atoms with Crippen molar-refractivity contribution in [1.29, 1.82) is 0 Å². The Morgan fingerprint density at radius 2 is 1.77 bits per heavy atom. The third-order valence-electron chi connectivity index (χ3n) is 5.29. The van der Waals surface area contributed by atoms with Crippen LogP contribution < -0.4 is 0 Å². The highest BCUT2D eigenvalue weighted by atomic mass is 16.3. The Balaban J connectivity index is 1.69. The molecule has 0 spiro atoms. The molecule has 1 aromatic heterocycles. The molecule has 1 amide bonds. The minimum absolute atomic E-state index is 0.0277. The smallest absolute Gasteiger partial charge is 0.257 e. The molecular weight excluding hydrogens is 328 g/mol. The summed E-state index contributed by atoms with van der Waals surface area (Å²) in [5, 5.41) is 0. The highest BCUT2D eigenvalue weighted by Gasteiger charge is 2.24. The van der Waals surface area contributed by atoms with Gasteiger partial charge in [0.05, 0.1) is 11.8 Å². The molecule has 0 bridgehead atoms. The number of carbonyl (C=O) groups excluding carboxylic acids is 2. The molecule has 0 atom stereocenters. The van der Waals surface area contributed by atoms with Crippen molar-refractivity contribution in [2.75, 3.05) is 26.2 Å². The summed E-state index contributed by atoms with van der Waals surface area (Å²) in [5.41, 5.74) is 6.05. The van der Waals surface area contributed by atoms with Crippen molar-refractivity contribution >= 4 is 11.7 Å². The molecule has 1 saturated heterocycles. The molecule has 1 aliphatic heterocycles. The van der Waals surface area contributed by atoms with Gasteiger partial charge in [-0.3, -0.25) is 14.5 Å². The van der Waals surface area contributed by atoms with E-state index in [1.165, 1.54) is 23.7 Å². The second kappa shape index (κ2) is 7.46. The first-order chi connectivity index (χ1) is 12.4. The summed E-state index contributed by atoms with van der Waals surface area (Å²) < 4.78 is 5.01. The van der Waals surface area contributed by atoms with Gasteiger partial charge in [-0.25, -0.2) is 0 Å². The zero-order valence-electron chi connectivity index (χ0n) is 16.0. The molecule has 1 fully saturated rings. The highest BCUT2D eigenvalue weighted by Crippen LogP contribution is 2.24. The largest absolute Gasteiger partial charge is 0.472 e. The second-order valence-electron chi connectivity index (χ2n) is 7.13. The van der Waals surface area contributed by atoms with Gasteiger partial charge < -0.3 is 9.32 Å². The number of ketones is 1. The Bertz CT molecular complexity index is 816. The molecule has 1 aromatic carbocycles. The topological polar surface area (TPSA) is 53.8 Å².